The molecule has 0 aliphatic carbocycles. The number of carbonyl (C=O) groups excluding carboxylic acids is 1. The molecule has 6 nitrogen and oxygen atoms in total. The molecule has 0 bridgehead atoms. The molecule has 0 saturated carbocycles. The average molecular weight is 449 g/mol. The molecule has 0 aromatic heterocycles. The summed E-state index contributed by atoms with van der Waals surface area (Å²) in [6, 6.07) is 15.3. The summed E-state index contributed by atoms with van der Waals surface area (Å²) in [6.45, 7) is 0.180. The van der Waals surface area contributed by atoms with Crippen LogP contribution < -0.4 is 0 Å². The van der Waals surface area contributed by atoms with Crippen LogP contribution in [0.4, 0.5) is 0 Å². The third-order valence-electron chi connectivity index (χ3n) is 4.69. The predicted octanol–water partition coefficient (Wildman–Crippen LogP) is 2.90. The Labute approximate surface area is 166 Å². The van der Waals surface area contributed by atoms with Crippen LogP contribution in [0, 0.1) is 17.2 Å². The summed E-state index contributed by atoms with van der Waals surface area (Å²) in [7, 11) is -2.46. The van der Waals surface area contributed by atoms with Crippen LogP contribution in [0.25, 0.3) is 0 Å². The minimum atomic E-state index is -3.75. The van der Waals surface area contributed by atoms with Gasteiger partial charge in [0.05, 0.1) is 29.6 Å². The molecule has 0 N–H and O–H groups in total. The van der Waals surface area contributed by atoms with Crippen molar-refractivity contribution in [3.63, 3.8) is 0 Å². The van der Waals surface area contributed by atoms with E-state index in [9.17, 15) is 13.2 Å². The van der Waals surface area contributed by atoms with Crippen LogP contribution >= 0.6 is 15.9 Å². The van der Waals surface area contributed by atoms with Gasteiger partial charge in [0.15, 0.2) is 0 Å². The molecule has 8 heteroatoms. The molecule has 1 aliphatic rings. The number of esters is 1. The fraction of sp³-hybridized carbons (Fsp3) is 0.263. The van der Waals surface area contributed by atoms with Crippen LogP contribution in [0.5, 0.6) is 0 Å². The van der Waals surface area contributed by atoms with Crippen molar-refractivity contribution in [3.05, 3.63) is 64.1 Å². The lowest BCUT2D eigenvalue weighted by Gasteiger charge is -2.17. The average Bonchev–Trinajstić information content (AvgIpc) is 3.14. The third-order valence-corrected chi connectivity index (χ3v) is 7.06. The first-order chi connectivity index (χ1) is 12.9. The van der Waals surface area contributed by atoms with Gasteiger partial charge < -0.3 is 4.74 Å². The van der Waals surface area contributed by atoms with Gasteiger partial charge in [0.1, 0.15) is 0 Å². The molecule has 2 aromatic carbocycles. The highest BCUT2D eigenvalue weighted by atomic mass is 79.9. The largest absolute Gasteiger partial charge is 0.469 e. The SMILES string of the molecule is COC(=O)[C@H]1CN(S(=O)(=O)c2ccc(Br)cc2)C[C@@H]1c1cccc(C#N)c1. The number of rotatable bonds is 4. The Bertz CT molecular complexity index is 999. The zero-order valence-corrected chi connectivity index (χ0v) is 16.9. The Balaban J connectivity index is 1.97. The van der Waals surface area contributed by atoms with E-state index in [1.165, 1.54) is 23.5 Å². The van der Waals surface area contributed by atoms with E-state index >= 15 is 0 Å². The minimum absolute atomic E-state index is 0.0342. The molecule has 0 amide bonds. The van der Waals surface area contributed by atoms with E-state index in [1.807, 2.05) is 0 Å². The number of sulfonamides is 1. The Hall–Kier alpha value is -2.21. The van der Waals surface area contributed by atoms with Gasteiger partial charge in [0.25, 0.3) is 0 Å². The summed E-state index contributed by atoms with van der Waals surface area (Å²) in [4.78, 5) is 12.5. The van der Waals surface area contributed by atoms with Crippen LogP contribution in [0.15, 0.2) is 57.9 Å². The molecule has 1 fully saturated rings. The van der Waals surface area contributed by atoms with Crippen molar-refractivity contribution in [2.45, 2.75) is 10.8 Å². The maximum absolute atomic E-state index is 13.0. The highest BCUT2D eigenvalue weighted by molar-refractivity contribution is 9.10. The van der Waals surface area contributed by atoms with Crippen molar-refractivity contribution >= 4 is 31.9 Å². The van der Waals surface area contributed by atoms with Gasteiger partial charge in [-0.15, -0.1) is 0 Å². The normalized spacial score (nSPS) is 20.2. The van der Waals surface area contributed by atoms with Gasteiger partial charge in [0.2, 0.25) is 10.0 Å². The number of halogens is 1. The van der Waals surface area contributed by atoms with E-state index < -0.39 is 21.9 Å². The van der Waals surface area contributed by atoms with E-state index in [1.54, 1.807) is 36.4 Å². The lowest BCUT2D eigenvalue weighted by atomic mass is 9.88. The van der Waals surface area contributed by atoms with Gasteiger partial charge in [-0.05, 0) is 42.0 Å². The third kappa shape index (κ3) is 3.90. The molecule has 3 rings (SSSR count). The first-order valence-electron chi connectivity index (χ1n) is 8.20. The fourth-order valence-electron chi connectivity index (χ4n) is 3.29. The van der Waals surface area contributed by atoms with E-state index in [2.05, 4.69) is 22.0 Å². The predicted molar refractivity (Wildman–Crippen MR) is 102 cm³/mol. The molecule has 2 atom stereocenters. The number of hydrogen-bond acceptors (Lipinski definition) is 5. The lowest BCUT2D eigenvalue weighted by Crippen LogP contribution is -2.30. The van der Waals surface area contributed by atoms with Gasteiger partial charge in [-0.3, -0.25) is 4.79 Å². The standard InChI is InChI=1S/C19H17BrN2O4S/c1-26-19(23)18-12-22(27(24,25)16-7-5-15(20)6-8-16)11-17(18)14-4-2-3-13(9-14)10-21/h2-9,17-18H,11-12H2,1H3/t17-,18+/m1/s1. The molecule has 1 heterocycles. The minimum Gasteiger partial charge on any atom is -0.469 e. The van der Waals surface area contributed by atoms with Gasteiger partial charge in [-0.2, -0.15) is 9.57 Å². The van der Waals surface area contributed by atoms with Crippen molar-refractivity contribution in [1.29, 1.82) is 5.26 Å². The van der Waals surface area contributed by atoms with Crippen LogP contribution in [0.1, 0.15) is 17.0 Å². The van der Waals surface area contributed by atoms with Crippen molar-refractivity contribution in [2.24, 2.45) is 5.92 Å². The molecule has 140 valence electrons. The number of methoxy groups -OCH3 is 1. The zero-order valence-electron chi connectivity index (χ0n) is 14.5. The number of carbonyl (C=O) groups is 1. The van der Waals surface area contributed by atoms with Crippen molar-refractivity contribution in [2.75, 3.05) is 20.2 Å². The smallest absolute Gasteiger partial charge is 0.310 e. The molecule has 0 spiro atoms. The first-order valence-corrected chi connectivity index (χ1v) is 10.4. The Kier molecular flexibility index (Phi) is 5.65. The second-order valence-electron chi connectivity index (χ2n) is 6.25. The molecule has 27 heavy (non-hydrogen) atoms. The van der Waals surface area contributed by atoms with Crippen LogP contribution in [0.3, 0.4) is 0 Å². The zero-order chi connectivity index (χ0) is 19.6. The molecular weight excluding hydrogens is 432 g/mol. The van der Waals surface area contributed by atoms with Gasteiger partial charge in [0, 0.05) is 23.5 Å². The second-order valence-corrected chi connectivity index (χ2v) is 9.10. The number of benzene rings is 2. The van der Waals surface area contributed by atoms with Gasteiger partial charge in [-0.25, -0.2) is 8.42 Å². The fourth-order valence-corrected chi connectivity index (χ4v) is 5.04. The van der Waals surface area contributed by atoms with Crippen LogP contribution in [-0.4, -0.2) is 38.9 Å². The molecule has 1 saturated heterocycles. The Morgan fingerprint density at radius 2 is 1.93 bits per heavy atom. The summed E-state index contributed by atoms with van der Waals surface area (Å²) in [5.41, 5.74) is 1.21. The highest BCUT2D eigenvalue weighted by Gasteiger charge is 2.44. The quantitative estimate of drug-likeness (QED) is 0.670. The summed E-state index contributed by atoms with van der Waals surface area (Å²) in [5, 5.41) is 9.13. The molecular formula is C19H17BrN2O4S. The molecule has 0 unspecified atom stereocenters. The summed E-state index contributed by atoms with van der Waals surface area (Å²) in [5.74, 6) is -1.47. The Morgan fingerprint density at radius 3 is 2.56 bits per heavy atom. The number of ether oxygens (including phenoxy) is 1. The first kappa shape index (κ1) is 19.5. The van der Waals surface area contributed by atoms with E-state index in [-0.39, 0.29) is 23.9 Å². The molecule has 0 radical (unpaired) electrons. The van der Waals surface area contributed by atoms with Crippen LogP contribution in [0.2, 0.25) is 0 Å². The Morgan fingerprint density at radius 1 is 1.22 bits per heavy atom. The van der Waals surface area contributed by atoms with E-state index in [0.29, 0.717) is 5.56 Å². The molecule has 1 aliphatic heterocycles. The monoisotopic (exact) mass is 448 g/mol. The second kappa shape index (κ2) is 7.80. The van der Waals surface area contributed by atoms with Crippen LogP contribution in [-0.2, 0) is 19.6 Å². The van der Waals surface area contributed by atoms with Gasteiger partial charge >= 0.3 is 5.97 Å². The summed E-state index contributed by atoms with van der Waals surface area (Å²) < 4.78 is 33.0. The number of hydrogen-bond donors (Lipinski definition) is 0. The molecule has 2 aromatic rings. The van der Waals surface area contributed by atoms with Crippen molar-refractivity contribution in [3.8, 4) is 6.07 Å². The summed E-state index contributed by atoms with van der Waals surface area (Å²) >= 11 is 3.29. The van der Waals surface area contributed by atoms with E-state index in [4.69, 9.17) is 10.00 Å². The lowest BCUT2D eigenvalue weighted by molar-refractivity contribution is -0.145. The summed E-state index contributed by atoms with van der Waals surface area (Å²) in [6.07, 6.45) is 0. The maximum Gasteiger partial charge on any atom is 0.310 e. The topological polar surface area (TPSA) is 87.5 Å². The highest BCUT2D eigenvalue weighted by Crippen LogP contribution is 2.36. The maximum atomic E-state index is 13.0. The van der Waals surface area contributed by atoms with Crippen molar-refractivity contribution in [1.82, 2.24) is 4.31 Å². The number of nitriles is 1. The number of nitrogens with zero attached hydrogens (tertiary/aromatic N) is 2. The van der Waals surface area contributed by atoms with Crippen molar-refractivity contribution < 1.29 is 17.9 Å². The van der Waals surface area contributed by atoms with E-state index in [0.717, 1.165) is 10.0 Å². The van der Waals surface area contributed by atoms with Gasteiger partial charge in [-0.1, -0.05) is 28.1 Å².